The minimum Gasteiger partial charge on any atom is -0.492 e. The van der Waals surface area contributed by atoms with Gasteiger partial charge in [-0.25, -0.2) is 13.1 Å². The Hall–Kier alpha value is -2.25. The minimum atomic E-state index is -3.63. The van der Waals surface area contributed by atoms with E-state index in [-0.39, 0.29) is 18.0 Å². The van der Waals surface area contributed by atoms with E-state index in [4.69, 9.17) is 14.2 Å². The SMILES string of the molecule is Cc1cccc(C)c1OCCNS(=O)(=O)c1ccc2c(c1)OCCO2. The molecule has 0 amide bonds. The second-order valence-corrected chi connectivity index (χ2v) is 7.54. The molecule has 0 aromatic heterocycles. The molecule has 0 unspecified atom stereocenters. The molecule has 0 spiro atoms. The predicted molar refractivity (Wildman–Crippen MR) is 94.0 cm³/mol. The lowest BCUT2D eigenvalue weighted by Gasteiger charge is -2.19. The Morgan fingerprint density at radius 3 is 2.44 bits per heavy atom. The largest absolute Gasteiger partial charge is 0.492 e. The van der Waals surface area contributed by atoms with Gasteiger partial charge in [0, 0.05) is 12.6 Å². The Kier molecular flexibility index (Phi) is 5.15. The maximum absolute atomic E-state index is 12.4. The van der Waals surface area contributed by atoms with E-state index in [0.29, 0.717) is 24.7 Å². The van der Waals surface area contributed by atoms with E-state index in [0.717, 1.165) is 16.9 Å². The summed E-state index contributed by atoms with van der Waals surface area (Å²) in [6.07, 6.45) is 0. The number of aryl methyl sites for hydroxylation is 2. The van der Waals surface area contributed by atoms with E-state index in [1.807, 2.05) is 32.0 Å². The molecule has 2 aromatic rings. The van der Waals surface area contributed by atoms with Crippen LogP contribution in [-0.4, -0.2) is 34.8 Å². The minimum absolute atomic E-state index is 0.142. The van der Waals surface area contributed by atoms with Gasteiger partial charge in [0.1, 0.15) is 25.6 Å². The molecule has 0 bridgehead atoms. The molecule has 6 nitrogen and oxygen atoms in total. The first-order chi connectivity index (χ1) is 12.0. The van der Waals surface area contributed by atoms with Gasteiger partial charge in [-0.05, 0) is 37.1 Å². The second-order valence-electron chi connectivity index (χ2n) is 5.77. The summed E-state index contributed by atoms with van der Waals surface area (Å²) >= 11 is 0. The van der Waals surface area contributed by atoms with Crippen molar-refractivity contribution < 1.29 is 22.6 Å². The summed E-state index contributed by atoms with van der Waals surface area (Å²) in [4.78, 5) is 0.142. The third-order valence-corrected chi connectivity index (χ3v) is 5.33. The van der Waals surface area contributed by atoms with E-state index in [9.17, 15) is 8.42 Å². The fourth-order valence-electron chi connectivity index (χ4n) is 2.63. The van der Waals surface area contributed by atoms with Gasteiger partial charge in [-0.1, -0.05) is 18.2 Å². The van der Waals surface area contributed by atoms with Crippen LogP contribution in [0, 0.1) is 13.8 Å². The average molecular weight is 363 g/mol. The fourth-order valence-corrected chi connectivity index (χ4v) is 3.66. The normalized spacial score (nSPS) is 13.5. The van der Waals surface area contributed by atoms with E-state index in [1.54, 1.807) is 6.07 Å². The molecular weight excluding hydrogens is 342 g/mol. The molecule has 0 fully saturated rings. The maximum atomic E-state index is 12.4. The van der Waals surface area contributed by atoms with Crippen molar-refractivity contribution in [2.45, 2.75) is 18.7 Å². The number of fused-ring (bicyclic) bond motifs is 1. The number of hydrogen-bond donors (Lipinski definition) is 1. The van der Waals surface area contributed by atoms with Gasteiger partial charge in [0.2, 0.25) is 10.0 Å². The lowest BCUT2D eigenvalue weighted by molar-refractivity contribution is 0.171. The van der Waals surface area contributed by atoms with Crippen molar-refractivity contribution >= 4 is 10.0 Å². The molecule has 0 saturated carbocycles. The van der Waals surface area contributed by atoms with Crippen LogP contribution >= 0.6 is 0 Å². The van der Waals surface area contributed by atoms with E-state index in [1.165, 1.54) is 12.1 Å². The van der Waals surface area contributed by atoms with Crippen LogP contribution in [0.2, 0.25) is 0 Å². The van der Waals surface area contributed by atoms with Gasteiger partial charge in [0.05, 0.1) is 4.90 Å². The monoisotopic (exact) mass is 363 g/mol. The summed E-state index contributed by atoms with van der Waals surface area (Å²) in [7, 11) is -3.63. The fraction of sp³-hybridized carbons (Fsp3) is 0.333. The van der Waals surface area contributed by atoms with Crippen molar-refractivity contribution in [2.24, 2.45) is 0 Å². The van der Waals surface area contributed by atoms with Crippen LogP contribution in [0.4, 0.5) is 0 Å². The van der Waals surface area contributed by atoms with E-state index in [2.05, 4.69) is 4.72 Å². The molecule has 3 rings (SSSR count). The molecule has 2 aromatic carbocycles. The Labute approximate surface area is 147 Å². The van der Waals surface area contributed by atoms with Crippen LogP contribution in [0.1, 0.15) is 11.1 Å². The molecular formula is C18H21NO5S. The third-order valence-electron chi connectivity index (χ3n) is 3.87. The third kappa shape index (κ3) is 4.05. The highest BCUT2D eigenvalue weighted by molar-refractivity contribution is 7.89. The van der Waals surface area contributed by atoms with Crippen LogP contribution in [0.25, 0.3) is 0 Å². The molecule has 0 aliphatic carbocycles. The number of rotatable bonds is 6. The van der Waals surface area contributed by atoms with Gasteiger partial charge in [-0.2, -0.15) is 0 Å². The first-order valence-corrected chi connectivity index (χ1v) is 9.54. The summed E-state index contributed by atoms with van der Waals surface area (Å²) in [5, 5.41) is 0. The molecule has 0 atom stereocenters. The van der Waals surface area contributed by atoms with Crippen molar-refractivity contribution in [1.82, 2.24) is 4.72 Å². The highest BCUT2D eigenvalue weighted by Gasteiger charge is 2.19. The van der Waals surface area contributed by atoms with Gasteiger partial charge >= 0.3 is 0 Å². The quantitative estimate of drug-likeness (QED) is 0.798. The molecule has 0 saturated heterocycles. The van der Waals surface area contributed by atoms with Crippen LogP contribution in [0.3, 0.4) is 0 Å². The molecule has 1 N–H and O–H groups in total. The number of nitrogens with one attached hydrogen (secondary N) is 1. The molecule has 1 aliphatic heterocycles. The summed E-state index contributed by atoms with van der Waals surface area (Å²) in [6, 6.07) is 10.5. The Balaban J connectivity index is 1.61. The molecule has 0 radical (unpaired) electrons. The molecule has 7 heteroatoms. The zero-order valence-corrected chi connectivity index (χ0v) is 15.1. The van der Waals surface area contributed by atoms with E-state index < -0.39 is 10.0 Å². The predicted octanol–water partition coefficient (Wildman–Crippen LogP) is 2.43. The number of sulfonamides is 1. The first kappa shape index (κ1) is 17.6. The summed E-state index contributed by atoms with van der Waals surface area (Å²) in [5.74, 6) is 1.80. The van der Waals surface area contributed by atoms with Gasteiger partial charge in [-0.3, -0.25) is 0 Å². The number of hydrogen-bond acceptors (Lipinski definition) is 5. The molecule has 134 valence electrons. The van der Waals surface area contributed by atoms with Crippen LogP contribution in [0.15, 0.2) is 41.3 Å². The van der Waals surface area contributed by atoms with Gasteiger partial charge < -0.3 is 14.2 Å². The number of para-hydroxylation sites is 1. The average Bonchev–Trinajstić information content (AvgIpc) is 2.60. The summed E-state index contributed by atoms with van der Waals surface area (Å²) in [5.41, 5.74) is 2.05. The summed E-state index contributed by atoms with van der Waals surface area (Å²) in [6.45, 7) is 5.21. The lowest BCUT2D eigenvalue weighted by atomic mass is 10.1. The molecule has 1 aliphatic rings. The van der Waals surface area contributed by atoms with Crippen LogP contribution in [-0.2, 0) is 10.0 Å². The van der Waals surface area contributed by atoms with Crippen LogP contribution in [0.5, 0.6) is 17.2 Å². The van der Waals surface area contributed by atoms with Crippen molar-refractivity contribution in [2.75, 3.05) is 26.4 Å². The van der Waals surface area contributed by atoms with Crippen molar-refractivity contribution in [1.29, 1.82) is 0 Å². The Morgan fingerprint density at radius 1 is 1.04 bits per heavy atom. The van der Waals surface area contributed by atoms with Gasteiger partial charge in [0.15, 0.2) is 11.5 Å². The maximum Gasteiger partial charge on any atom is 0.240 e. The highest BCUT2D eigenvalue weighted by atomic mass is 32.2. The molecule has 25 heavy (non-hydrogen) atoms. The van der Waals surface area contributed by atoms with Crippen molar-refractivity contribution in [3.8, 4) is 17.2 Å². The molecule has 1 heterocycles. The van der Waals surface area contributed by atoms with Crippen molar-refractivity contribution in [3.05, 3.63) is 47.5 Å². The topological polar surface area (TPSA) is 73.9 Å². The Morgan fingerprint density at radius 2 is 1.72 bits per heavy atom. The number of benzene rings is 2. The smallest absolute Gasteiger partial charge is 0.240 e. The van der Waals surface area contributed by atoms with Crippen molar-refractivity contribution in [3.63, 3.8) is 0 Å². The lowest BCUT2D eigenvalue weighted by Crippen LogP contribution is -2.28. The number of ether oxygens (including phenoxy) is 3. The Bertz CT molecular complexity index is 844. The summed E-state index contributed by atoms with van der Waals surface area (Å²) < 4.78 is 43.9. The van der Waals surface area contributed by atoms with Gasteiger partial charge in [0.25, 0.3) is 0 Å². The second kappa shape index (κ2) is 7.33. The standard InChI is InChI=1S/C18H21NO5S/c1-13-4-3-5-14(2)18(13)24-9-8-19-25(20,21)15-6-7-16-17(12-15)23-11-10-22-16/h3-7,12,19H,8-11H2,1-2H3. The first-order valence-electron chi connectivity index (χ1n) is 8.06. The highest BCUT2D eigenvalue weighted by Crippen LogP contribution is 2.32. The van der Waals surface area contributed by atoms with E-state index >= 15 is 0 Å². The zero-order chi connectivity index (χ0) is 17.9. The van der Waals surface area contributed by atoms with Gasteiger partial charge in [-0.15, -0.1) is 0 Å². The van der Waals surface area contributed by atoms with Crippen LogP contribution < -0.4 is 18.9 Å². The zero-order valence-electron chi connectivity index (χ0n) is 14.2.